The maximum absolute atomic E-state index is 12.3. The maximum Gasteiger partial charge on any atom is 0.338 e. The zero-order chi connectivity index (χ0) is 22.4. The lowest BCUT2D eigenvalue weighted by atomic mass is 10.2. The summed E-state index contributed by atoms with van der Waals surface area (Å²) < 4.78 is 32.7. The number of halogens is 1. The molecule has 2 aromatic carbocycles. The van der Waals surface area contributed by atoms with Crippen LogP contribution in [0.15, 0.2) is 70.9 Å². The molecule has 1 atom stereocenters. The number of carbonyl (C=O) groups excluding carboxylic acids is 2. The third kappa shape index (κ3) is 6.30. The predicted octanol–water partition coefficient (Wildman–Crippen LogP) is 4.06. The fraction of sp³-hybridized carbons (Fsp3) is 0.143. The molecule has 0 bridgehead atoms. The van der Waals surface area contributed by atoms with Gasteiger partial charge in [0.15, 0.2) is 6.10 Å². The van der Waals surface area contributed by atoms with Crippen LogP contribution in [0.4, 0.5) is 5.69 Å². The van der Waals surface area contributed by atoms with E-state index in [2.05, 4.69) is 10.0 Å². The van der Waals surface area contributed by atoms with Gasteiger partial charge in [-0.25, -0.2) is 13.2 Å². The number of carbonyl (C=O) groups is 2. The molecule has 0 aliphatic carbocycles. The van der Waals surface area contributed by atoms with E-state index in [4.69, 9.17) is 16.3 Å². The Labute approximate surface area is 189 Å². The Morgan fingerprint density at radius 1 is 1.03 bits per heavy atom. The zero-order valence-corrected chi connectivity index (χ0v) is 18.8. The number of benzene rings is 2. The first-order chi connectivity index (χ1) is 14.7. The molecule has 3 aromatic rings. The number of rotatable bonds is 8. The molecule has 2 N–H and O–H groups in total. The summed E-state index contributed by atoms with van der Waals surface area (Å²) in [6.07, 6.45) is -0.988. The van der Waals surface area contributed by atoms with Gasteiger partial charge < -0.3 is 10.1 Å². The lowest BCUT2D eigenvalue weighted by molar-refractivity contribution is -0.129. The van der Waals surface area contributed by atoms with Gasteiger partial charge in [0.1, 0.15) is 4.21 Å². The van der Waals surface area contributed by atoms with Crippen LogP contribution >= 0.6 is 22.9 Å². The molecular formula is C21H19ClN2O5S2. The number of anilines is 1. The van der Waals surface area contributed by atoms with Crippen LogP contribution < -0.4 is 10.0 Å². The second-order valence-electron chi connectivity index (χ2n) is 6.49. The average molecular weight is 479 g/mol. The molecule has 0 fully saturated rings. The molecule has 0 saturated carbocycles. The van der Waals surface area contributed by atoms with Crippen LogP contribution in [-0.4, -0.2) is 26.4 Å². The van der Waals surface area contributed by atoms with Crippen LogP contribution in [0.2, 0.25) is 4.34 Å². The minimum Gasteiger partial charge on any atom is -0.449 e. The molecule has 0 saturated heterocycles. The van der Waals surface area contributed by atoms with Crippen LogP contribution in [0.25, 0.3) is 0 Å². The highest BCUT2D eigenvalue weighted by Gasteiger charge is 2.20. The summed E-state index contributed by atoms with van der Waals surface area (Å²) in [5.74, 6) is -1.11. The molecule has 1 heterocycles. The number of sulfonamides is 1. The number of hydrogen-bond acceptors (Lipinski definition) is 6. The topological polar surface area (TPSA) is 102 Å². The molecule has 0 radical (unpaired) electrons. The van der Waals surface area contributed by atoms with E-state index >= 15 is 0 Å². The second kappa shape index (κ2) is 9.95. The third-order valence-electron chi connectivity index (χ3n) is 4.15. The summed E-state index contributed by atoms with van der Waals surface area (Å²) in [5.41, 5.74) is 1.39. The van der Waals surface area contributed by atoms with Crippen molar-refractivity contribution < 1.29 is 22.7 Å². The van der Waals surface area contributed by atoms with E-state index in [0.717, 1.165) is 16.9 Å². The maximum atomic E-state index is 12.3. The smallest absolute Gasteiger partial charge is 0.338 e. The molecule has 1 unspecified atom stereocenters. The molecule has 1 amide bonds. The van der Waals surface area contributed by atoms with Crippen molar-refractivity contribution in [3.05, 3.63) is 82.2 Å². The molecule has 0 spiro atoms. The Morgan fingerprint density at radius 2 is 1.71 bits per heavy atom. The van der Waals surface area contributed by atoms with E-state index in [0.29, 0.717) is 10.9 Å². The molecule has 0 aliphatic rings. The Balaban J connectivity index is 1.55. The molecule has 3 rings (SSSR count). The normalized spacial score (nSPS) is 12.1. The van der Waals surface area contributed by atoms with Crippen molar-refractivity contribution in [2.75, 3.05) is 4.72 Å². The summed E-state index contributed by atoms with van der Waals surface area (Å²) >= 11 is 6.72. The molecular weight excluding hydrogens is 460 g/mol. The molecule has 1 aromatic heterocycles. The van der Waals surface area contributed by atoms with E-state index in [1.54, 1.807) is 0 Å². The van der Waals surface area contributed by atoms with Crippen LogP contribution in [0.1, 0.15) is 22.8 Å². The van der Waals surface area contributed by atoms with Crippen LogP contribution in [0, 0.1) is 0 Å². The molecule has 162 valence electrons. The van der Waals surface area contributed by atoms with Crippen molar-refractivity contribution in [2.24, 2.45) is 0 Å². The third-order valence-corrected chi connectivity index (χ3v) is 7.25. The average Bonchev–Trinajstić information content (AvgIpc) is 3.20. The number of thiophene rings is 1. The summed E-state index contributed by atoms with van der Waals surface area (Å²) in [7, 11) is -3.77. The van der Waals surface area contributed by atoms with Crippen molar-refractivity contribution in [3.63, 3.8) is 0 Å². The summed E-state index contributed by atoms with van der Waals surface area (Å²) in [4.78, 5) is 24.5. The largest absolute Gasteiger partial charge is 0.449 e. The summed E-state index contributed by atoms with van der Waals surface area (Å²) in [6.45, 7) is 1.80. The van der Waals surface area contributed by atoms with Crippen molar-refractivity contribution in [1.82, 2.24) is 5.32 Å². The first-order valence-corrected chi connectivity index (χ1v) is 11.8. The van der Waals surface area contributed by atoms with Gasteiger partial charge in [-0.2, -0.15) is 0 Å². The minimum absolute atomic E-state index is 0.0799. The molecule has 7 nitrogen and oxygen atoms in total. The van der Waals surface area contributed by atoms with Crippen molar-refractivity contribution in [1.29, 1.82) is 0 Å². The van der Waals surface area contributed by atoms with E-state index in [1.165, 1.54) is 43.3 Å². The lowest BCUT2D eigenvalue weighted by Crippen LogP contribution is -2.35. The highest BCUT2D eigenvalue weighted by Crippen LogP contribution is 2.27. The molecule has 31 heavy (non-hydrogen) atoms. The second-order valence-corrected chi connectivity index (χ2v) is 10.1. The predicted molar refractivity (Wildman–Crippen MR) is 120 cm³/mol. The summed E-state index contributed by atoms with van der Waals surface area (Å²) in [6, 6.07) is 18.0. The Bertz CT molecular complexity index is 1160. The van der Waals surface area contributed by atoms with Crippen LogP contribution in [0.5, 0.6) is 0 Å². The molecule has 0 aliphatic heterocycles. The number of ether oxygens (including phenoxy) is 1. The van der Waals surface area contributed by atoms with Crippen molar-refractivity contribution >= 4 is 50.5 Å². The standard InChI is InChI=1S/C21H19ClN2O5S2/c1-14(20(25)23-13-15-5-3-2-4-6-15)29-21(26)16-7-9-17(10-8-16)24-31(27,28)19-12-11-18(22)30-19/h2-12,14,24H,13H2,1H3,(H,23,25). The first kappa shape index (κ1) is 22.8. The number of esters is 1. The lowest BCUT2D eigenvalue weighted by Gasteiger charge is -2.14. The fourth-order valence-corrected chi connectivity index (χ4v) is 5.07. The van der Waals surface area contributed by atoms with Crippen LogP contribution in [0.3, 0.4) is 0 Å². The van der Waals surface area contributed by atoms with Gasteiger partial charge in [0.2, 0.25) is 0 Å². The van der Waals surface area contributed by atoms with Crippen molar-refractivity contribution in [3.8, 4) is 0 Å². The Morgan fingerprint density at radius 3 is 2.32 bits per heavy atom. The number of amides is 1. The zero-order valence-electron chi connectivity index (χ0n) is 16.4. The number of nitrogens with one attached hydrogen (secondary N) is 2. The minimum atomic E-state index is -3.77. The fourth-order valence-electron chi connectivity index (χ4n) is 2.53. The highest BCUT2D eigenvalue weighted by molar-refractivity contribution is 7.94. The summed E-state index contributed by atoms with van der Waals surface area (Å²) in [5, 5.41) is 2.71. The van der Waals surface area contributed by atoms with Gasteiger partial charge in [-0.05, 0) is 48.9 Å². The Hall–Kier alpha value is -2.88. The quantitative estimate of drug-likeness (QED) is 0.475. The van der Waals surface area contributed by atoms with E-state index in [9.17, 15) is 18.0 Å². The van der Waals surface area contributed by atoms with Gasteiger partial charge in [0.05, 0.1) is 9.90 Å². The van der Waals surface area contributed by atoms with Gasteiger partial charge >= 0.3 is 5.97 Å². The van der Waals surface area contributed by atoms with E-state index in [1.807, 2.05) is 30.3 Å². The Kier molecular flexibility index (Phi) is 7.32. The van der Waals surface area contributed by atoms with Gasteiger partial charge in [0, 0.05) is 12.2 Å². The van der Waals surface area contributed by atoms with Gasteiger partial charge in [-0.3, -0.25) is 9.52 Å². The van der Waals surface area contributed by atoms with Gasteiger partial charge in [-0.15, -0.1) is 11.3 Å². The highest BCUT2D eigenvalue weighted by atomic mass is 35.5. The first-order valence-electron chi connectivity index (χ1n) is 9.15. The number of hydrogen-bond donors (Lipinski definition) is 2. The van der Waals surface area contributed by atoms with Gasteiger partial charge in [0.25, 0.3) is 15.9 Å². The SMILES string of the molecule is CC(OC(=O)c1ccc(NS(=O)(=O)c2ccc(Cl)s2)cc1)C(=O)NCc1ccccc1. The monoisotopic (exact) mass is 478 g/mol. The molecule has 10 heteroatoms. The van der Waals surface area contributed by atoms with E-state index < -0.39 is 28.0 Å². The van der Waals surface area contributed by atoms with Crippen LogP contribution in [-0.2, 0) is 26.1 Å². The van der Waals surface area contributed by atoms with E-state index in [-0.39, 0.29) is 15.5 Å². The van der Waals surface area contributed by atoms with Crippen molar-refractivity contribution in [2.45, 2.75) is 23.8 Å². The van der Waals surface area contributed by atoms with Gasteiger partial charge in [-0.1, -0.05) is 41.9 Å².